The van der Waals surface area contributed by atoms with E-state index in [0.29, 0.717) is 12.5 Å². The maximum absolute atomic E-state index is 12.3. The van der Waals surface area contributed by atoms with Gasteiger partial charge in [-0.3, -0.25) is 9.69 Å². The Bertz CT molecular complexity index is 296. The van der Waals surface area contributed by atoms with Crippen molar-refractivity contribution in [3.8, 4) is 0 Å². The summed E-state index contributed by atoms with van der Waals surface area (Å²) in [4.78, 5) is 16.8. The number of amides is 1. The molecule has 2 fully saturated rings. The highest BCUT2D eigenvalue weighted by Gasteiger charge is 2.27. The van der Waals surface area contributed by atoms with Crippen LogP contribution in [0.15, 0.2) is 0 Å². The van der Waals surface area contributed by atoms with E-state index in [1.807, 2.05) is 13.8 Å². The third kappa shape index (κ3) is 5.61. The van der Waals surface area contributed by atoms with Gasteiger partial charge in [-0.2, -0.15) is 0 Å². The van der Waals surface area contributed by atoms with Crippen LogP contribution in [0, 0.1) is 17.8 Å². The highest BCUT2D eigenvalue weighted by Crippen LogP contribution is 2.25. The zero-order chi connectivity index (χ0) is 15.8. The number of hydrogen-bond acceptors (Lipinski definition) is 2. The molecule has 2 rings (SSSR count). The predicted octanol–water partition coefficient (Wildman–Crippen LogP) is 3.64. The summed E-state index contributed by atoms with van der Waals surface area (Å²) in [5, 5.41) is 0. The van der Waals surface area contributed by atoms with Crippen LogP contribution in [0.1, 0.15) is 60.3 Å². The van der Waals surface area contributed by atoms with E-state index in [9.17, 15) is 4.79 Å². The zero-order valence-electron chi connectivity index (χ0n) is 14.9. The summed E-state index contributed by atoms with van der Waals surface area (Å²) < 4.78 is 0. The molecule has 0 unspecified atom stereocenters. The molecule has 2 heterocycles. The Balaban J connectivity index is 0.00000106. The highest BCUT2D eigenvalue weighted by atomic mass is 16.2. The van der Waals surface area contributed by atoms with E-state index in [-0.39, 0.29) is 0 Å². The number of carbonyl (C=O) groups excluding carboxylic acids is 1. The summed E-state index contributed by atoms with van der Waals surface area (Å²) in [6, 6.07) is 0. The van der Waals surface area contributed by atoms with Crippen LogP contribution in [0.2, 0.25) is 0 Å². The molecule has 2 aliphatic rings. The topological polar surface area (TPSA) is 23.6 Å². The van der Waals surface area contributed by atoms with Gasteiger partial charge in [0.25, 0.3) is 0 Å². The second-order valence-corrected chi connectivity index (χ2v) is 6.76. The molecular formula is C18H36N2O. The van der Waals surface area contributed by atoms with E-state index in [1.54, 1.807) is 0 Å². The van der Waals surface area contributed by atoms with Gasteiger partial charge >= 0.3 is 0 Å². The summed E-state index contributed by atoms with van der Waals surface area (Å²) in [7, 11) is 0. The number of hydrogen-bond donors (Lipinski definition) is 0. The van der Waals surface area contributed by atoms with Crippen LogP contribution in [-0.2, 0) is 4.79 Å². The summed E-state index contributed by atoms with van der Waals surface area (Å²) in [6.45, 7) is 15.7. The summed E-state index contributed by atoms with van der Waals surface area (Å²) in [5.74, 6) is 2.76. The molecule has 3 heteroatoms. The molecule has 124 valence electrons. The van der Waals surface area contributed by atoms with Gasteiger partial charge in [0.15, 0.2) is 0 Å². The Labute approximate surface area is 132 Å². The molecule has 0 bridgehead atoms. The van der Waals surface area contributed by atoms with Crippen LogP contribution < -0.4 is 0 Å². The van der Waals surface area contributed by atoms with E-state index in [0.717, 1.165) is 43.9 Å². The molecule has 2 aliphatic heterocycles. The van der Waals surface area contributed by atoms with E-state index in [4.69, 9.17) is 0 Å². The van der Waals surface area contributed by atoms with E-state index >= 15 is 0 Å². The Kier molecular flexibility index (Phi) is 8.31. The van der Waals surface area contributed by atoms with Crippen molar-refractivity contribution in [3.05, 3.63) is 0 Å². The first-order valence-corrected chi connectivity index (χ1v) is 9.10. The first-order valence-electron chi connectivity index (χ1n) is 9.10. The van der Waals surface area contributed by atoms with Gasteiger partial charge in [-0.1, -0.05) is 41.0 Å². The molecule has 0 spiro atoms. The second kappa shape index (κ2) is 9.45. The third-order valence-electron chi connectivity index (χ3n) is 5.14. The predicted molar refractivity (Wildman–Crippen MR) is 90.3 cm³/mol. The van der Waals surface area contributed by atoms with Gasteiger partial charge in [0, 0.05) is 19.6 Å². The Morgan fingerprint density at radius 2 is 1.71 bits per heavy atom. The van der Waals surface area contributed by atoms with Crippen molar-refractivity contribution in [2.45, 2.75) is 60.3 Å². The molecule has 0 radical (unpaired) electrons. The van der Waals surface area contributed by atoms with Crippen LogP contribution in [0.4, 0.5) is 0 Å². The molecule has 0 aromatic rings. The molecule has 0 aromatic heterocycles. The lowest BCUT2D eigenvalue weighted by atomic mass is 9.87. The van der Waals surface area contributed by atoms with Crippen LogP contribution in [0.25, 0.3) is 0 Å². The number of carbonyl (C=O) groups is 1. The maximum atomic E-state index is 12.3. The van der Waals surface area contributed by atoms with Crippen molar-refractivity contribution in [3.63, 3.8) is 0 Å². The number of rotatable bonds is 4. The average molecular weight is 296 g/mol. The first-order chi connectivity index (χ1) is 10.1. The molecule has 1 amide bonds. The maximum Gasteiger partial charge on any atom is 0.236 e. The normalized spacial score (nSPS) is 24.1. The monoisotopic (exact) mass is 296 g/mol. The lowest BCUT2D eigenvalue weighted by Crippen LogP contribution is -2.44. The van der Waals surface area contributed by atoms with Gasteiger partial charge in [0.05, 0.1) is 6.54 Å². The van der Waals surface area contributed by atoms with Crippen LogP contribution in [0.3, 0.4) is 0 Å². The lowest BCUT2D eigenvalue weighted by molar-refractivity contribution is -0.133. The summed E-state index contributed by atoms with van der Waals surface area (Å²) in [5.41, 5.74) is 0. The fourth-order valence-electron chi connectivity index (χ4n) is 3.50. The molecular weight excluding hydrogens is 260 g/mol. The molecule has 3 nitrogen and oxygen atoms in total. The first kappa shape index (κ1) is 18.5. The van der Waals surface area contributed by atoms with Crippen molar-refractivity contribution >= 4 is 5.91 Å². The molecule has 21 heavy (non-hydrogen) atoms. The molecule has 0 N–H and O–H groups in total. The minimum absolute atomic E-state index is 0.360. The van der Waals surface area contributed by atoms with Gasteiger partial charge in [-0.15, -0.1) is 0 Å². The molecule has 0 aliphatic carbocycles. The Hall–Kier alpha value is -0.570. The second-order valence-electron chi connectivity index (χ2n) is 6.76. The fourth-order valence-corrected chi connectivity index (χ4v) is 3.50. The van der Waals surface area contributed by atoms with Gasteiger partial charge in [-0.25, -0.2) is 0 Å². The largest absolute Gasteiger partial charge is 0.342 e. The van der Waals surface area contributed by atoms with Gasteiger partial charge in [-0.05, 0) is 43.6 Å². The minimum Gasteiger partial charge on any atom is -0.342 e. The van der Waals surface area contributed by atoms with Crippen molar-refractivity contribution < 1.29 is 4.79 Å². The average Bonchev–Trinajstić information content (AvgIpc) is 2.97. The van der Waals surface area contributed by atoms with Gasteiger partial charge in [0.1, 0.15) is 0 Å². The third-order valence-corrected chi connectivity index (χ3v) is 5.14. The number of likely N-dealkylation sites (tertiary alicyclic amines) is 2. The highest BCUT2D eigenvalue weighted by molar-refractivity contribution is 5.78. The van der Waals surface area contributed by atoms with E-state index in [2.05, 4.69) is 30.6 Å². The van der Waals surface area contributed by atoms with Crippen molar-refractivity contribution in [1.29, 1.82) is 0 Å². The van der Waals surface area contributed by atoms with Crippen molar-refractivity contribution in [2.24, 2.45) is 17.8 Å². The van der Waals surface area contributed by atoms with Gasteiger partial charge < -0.3 is 4.90 Å². The fraction of sp³-hybridized carbons (Fsp3) is 0.944. The van der Waals surface area contributed by atoms with Crippen LogP contribution >= 0.6 is 0 Å². The Morgan fingerprint density at radius 1 is 1.10 bits per heavy atom. The summed E-state index contributed by atoms with van der Waals surface area (Å²) in [6.07, 6.45) is 4.92. The SMILES string of the molecule is CC.CC[C@H]1CCN(CC(=O)N2CCC(C(C)C)CC2)C1. The molecule has 0 aromatic carbocycles. The summed E-state index contributed by atoms with van der Waals surface area (Å²) >= 11 is 0. The van der Waals surface area contributed by atoms with Gasteiger partial charge in [0.2, 0.25) is 5.91 Å². The minimum atomic E-state index is 0.360. The molecule has 0 saturated carbocycles. The Morgan fingerprint density at radius 3 is 2.19 bits per heavy atom. The number of piperidine rings is 1. The number of nitrogens with zero attached hydrogens (tertiary/aromatic N) is 2. The van der Waals surface area contributed by atoms with Crippen molar-refractivity contribution in [1.82, 2.24) is 9.80 Å². The van der Waals surface area contributed by atoms with Crippen LogP contribution in [0.5, 0.6) is 0 Å². The lowest BCUT2D eigenvalue weighted by Gasteiger charge is -2.34. The molecule has 1 atom stereocenters. The molecule has 2 saturated heterocycles. The quantitative estimate of drug-likeness (QED) is 0.791. The van der Waals surface area contributed by atoms with Crippen molar-refractivity contribution in [2.75, 3.05) is 32.7 Å². The van der Waals surface area contributed by atoms with E-state index < -0.39 is 0 Å². The van der Waals surface area contributed by atoms with E-state index in [1.165, 1.54) is 25.7 Å². The smallest absolute Gasteiger partial charge is 0.236 e. The zero-order valence-corrected chi connectivity index (χ0v) is 14.9. The standard InChI is InChI=1S/C16H30N2O.C2H6/c1-4-14-5-8-17(11-14)12-16(19)18-9-6-15(7-10-18)13(2)3;1-2/h13-15H,4-12H2,1-3H3;1-2H3/t14-;/m0./s1. The van der Waals surface area contributed by atoms with Crippen LogP contribution in [-0.4, -0.2) is 48.4 Å².